The molecule has 1 aromatic rings. The maximum atomic E-state index is 11.7. The molecule has 0 bridgehead atoms. The summed E-state index contributed by atoms with van der Waals surface area (Å²) in [5.41, 5.74) is 3.19. The molecule has 3 N–H and O–H groups in total. The van der Waals surface area contributed by atoms with Crippen LogP contribution in [0.4, 0.5) is 0 Å². The SMILES string of the molecule is O=C(CC1C=CC(=O)C(O)C1O)NOCc1ccccc1. The number of hydroxylamine groups is 1. The molecule has 1 aromatic carbocycles. The summed E-state index contributed by atoms with van der Waals surface area (Å²) in [6.45, 7) is 0.233. The van der Waals surface area contributed by atoms with Gasteiger partial charge in [-0.25, -0.2) is 5.48 Å². The van der Waals surface area contributed by atoms with E-state index < -0.39 is 29.8 Å². The minimum atomic E-state index is -1.47. The Morgan fingerprint density at radius 1 is 1.24 bits per heavy atom. The number of rotatable bonds is 5. The zero-order chi connectivity index (χ0) is 15.2. The van der Waals surface area contributed by atoms with Gasteiger partial charge in [0.25, 0.3) is 0 Å². The molecule has 0 fully saturated rings. The molecule has 1 aliphatic rings. The van der Waals surface area contributed by atoms with Gasteiger partial charge in [-0.05, 0) is 11.6 Å². The van der Waals surface area contributed by atoms with Gasteiger partial charge in [0.05, 0.1) is 12.7 Å². The number of carbonyl (C=O) groups is 2. The van der Waals surface area contributed by atoms with Crippen LogP contribution in [0.2, 0.25) is 0 Å². The van der Waals surface area contributed by atoms with Gasteiger partial charge in [-0.2, -0.15) is 0 Å². The Balaban J connectivity index is 1.77. The van der Waals surface area contributed by atoms with Crippen LogP contribution in [-0.2, 0) is 21.0 Å². The molecule has 0 spiro atoms. The van der Waals surface area contributed by atoms with Gasteiger partial charge in [0.1, 0.15) is 6.10 Å². The first-order valence-corrected chi connectivity index (χ1v) is 6.60. The van der Waals surface area contributed by atoms with E-state index in [-0.39, 0.29) is 13.0 Å². The number of aliphatic hydroxyl groups is 2. The molecule has 6 nitrogen and oxygen atoms in total. The summed E-state index contributed by atoms with van der Waals surface area (Å²) in [7, 11) is 0. The minimum Gasteiger partial charge on any atom is -0.389 e. The van der Waals surface area contributed by atoms with Crippen molar-refractivity contribution in [2.75, 3.05) is 0 Å². The lowest BCUT2D eigenvalue weighted by atomic mass is 9.87. The van der Waals surface area contributed by atoms with Crippen LogP contribution in [0, 0.1) is 5.92 Å². The lowest BCUT2D eigenvalue weighted by Crippen LogP contribution is -2.42. The van der Waals surface area contributed by atoms with Gasteiger partial charge < -0.3 is 10.2 Å². The van der Waals surface area contributed by atoms with Gasteiger partial charge in [-0.1, -0.05) is 36.4 Å². The smallest absolute Gasteiger partial charge is 0.244 e. The van der Waals surface area contributed by atoms with Crippen LogP contribution < -0.4 is 5.48 Å². The second-order valence-corrected chi connectivity index (χ2v) is 4.86. The monoisotopic (exact) mass is 291 g/mol. The highest BCUT2D eigenvalue weighted by molar-refractivity contribution is 5.95. The number of benzene rings is 1. The first kappa shape index (κ1) is 15.4. The zero-order valence-electron chi connectivity index (χ0n) is 11.3. The average molecular weight is 291 g/mol. The van der Waals surface area contributed by atoms with E-state index in [2.05, 4.69) is 5.48 Å². The van der Waals surface area contributed by atoms with Crippen LogP contribution in [0.1, 0.15) is 12.0 Å². The molecule has 112 valence electrons. The number of hydrogen-bond acceptors (Lipinski definition) is 5. The van der Waals surface area contributed by atoms with Crippen molar-refractivity contribution in [1.82, 2.24) is 5.48 Å². The van der Waals surface area contributed by atoms with Crippen molar-refractivity contribution in [3.8, 4) is 0 Å². The van der Waals surface area contributed by atoms with E-state index in [4.69, 9.17) is 4.84 Å². The number of carbonyl (C=O) groups excluding carboxylic acids is 2. The Morgan fingerprint density at radius 2 is 1.95 bits per heavy atom. The number of amides is 1. The quantitative estimate of drug-likeness (QED) is 0.669. The van der Waals surface area contributed by atoms with Gasteiger partial charge in [-0.15, -0.1) is 0 Å². The van der Waals surface area contributed by atoms with Crippen LogP contribution >= 0.6 is 0 Å². The summed E-state index contributed by atoms with van der Waals surface area (Å²) < 4.78 is 0. The van der Waals surface area contributed by atoms with Crippen molar-refractivity contribution in [2.24, 2.45) is 5.92 Å². The molecule has 0 saturated carbocycles. The van der Waals surface area contributed by atoms with Crippen LogP contribution in [0.5, 0.6) is 0 Å². The molecule has 1 amide bonds. The molecule has 0 aliphatic heterocycles. The predicted octanol–water partition coefficient (Wildman–Crippen LogP) is 0.101. The summed E-state index contributed by atoms with van der Waals surface area (Å²) in [5, 5.41) is 19.2. The Labute approximate surface area is 122 Å². The summed E-state index contributed by atoms with van der Waals surface area (Å²) >= 11 is 0. The molecule has 6 heteroatoms. The zero-order valence-corrected chi connectivity index (χ0v) is 11.3. The lowest BCUT2D eigenvalue weighted by Gasteiger charge is -2.26. The van der Waals surface area contributed by atoms with E-state index in [1.54, 1.807) is 0 Å². The van der Waals surface area contributed by atoms with E-state index in [0.717, 1.165) is 5.56 Å². The fourth-order valence-electron chi connectivity index (χ4n) is 2.05. The second-order valence-electron chi connectivity index (χ2n) is 4.86. The third-order valence-corrected chi connectivity index (χ3v) is 3.25. The molecule has 3 atom stereocenters. The third kappa shape index (κ3) is 4.22. The van der Waals surface area contributed by atoms with Crippen molar-refractivity contribution in [2.45, 2.75) is 25.2 Å². The summed E-state index contributed by atoms with van der Waals surface area (Å²) in [6, 6.07) is 9.33. The fraction of sp³-hybridized carbons (Fsp3) is 0.333. The Bertz CT molecular complexity index is 528. The Morgan fingerprint density at radius 3 is 2.67 bits per heavy atom. The van der Waals surface area contributed by atoms with E-state index in [1.165, 1.54) is 12.2 Å². The van der Waals surface area contributed by atoms with Crippen LogP contribution in [0.15, 0.2) is 42.5 Å². The van der Waals surface area contributed by atoms with Gasteiger partial charge in [-0.3, -0.25) is 14.4 Å². The first-order valence-electron chi connectivity index (χ1n) is 6.60. The molecule has 0 heterocycles. The molecule has 2 rings (SSSR count). The van der Waals surface area contributed by atoms with Gasteiger partial charge in [0.2, 0.25) is 5.91 Å². The van der Waals surface area contributed by atoms with Gasteiger partial charge >= 0.3 is 0 Å². The molecule has 0 aromatic heterocycles. The molecule has 1 aliphatic carbocycles. The highest BCUT2D eigenvalue weighted by Crippen LogP contribution is 2.19. The third-order valence-electron chi connectivity index (χ3n) is 3.25. The van der Waals surface area contributed by atoms with Gasteiger partial charge in [0.15, 0.2) is 5.78 Å². The molecule has 21 heavy (non-hydrogen) atoms. The normalized spacial score (nSPS) is 24.9. The largest absolute Gasteiger partial charge is 0.389 e. The molecular formula is C15H17NO5. The Hall–Kier alpha value is -2.02. The summed E-state index contributed by atoms with van der Waals surface area (Å²) in [6.07, 6.45) is -0.214. The van der Waals surface area contributed by atoms with Crippen LogP contribution in [0.25, 0.3) is 0 Å². The standard InChI is InChI=1S/C15H17NO5/c17-12-7-6-11(14(19)15(12)20)8-13(18)16-21-9-10-4-2-1-3-5-10/h1-7,11,14-15,19-20H,8-9H2,(H,16,18). The lowest BCUT2D eigenvalue weighted by molar-refractivity contribution is -0.139. The number of ketones is 1. The summed E-state index contributed by atoms with van der Waals surface area (Å²) in [4.78, 5) is 27.9. The van der Waals surface area contributed by atoms with Crippen molar-refractivity contribution < 1.29 is 24.6 Å². The maximum Gasteiger partial charge on any atom is 0.244 e. The van der Waals surface area contributed by atoms with Crippen LogP contribution in [0.3, 0.4) is 0 Å². The van der Waals surface area contributed by atoms with Crippen molar-refractivity contribution >= 4 is 11.7 Å². The van der Waals surface area contributed by atoms with E-state index in [0.29, 0.717) is 0 Å². The Kier molecular flexibility index (Phi) is 5.21. The van der Waals surface area contributed by atoms with Crippen molar-refractivity contribution in [1.29, 1.82) is 0 Å². The van der Waals surface area contributed by atoms with Crippen molar-refractivity contribution in [3.05, 3.63) is 48.0 Å². The number of nitrogens with one attached hydrogen (secondary N) is 1. The fourth-order valence-corrected chi connectivity index (χ4v) is 2.05. The predicted molar refractivity (Wildman–Crippen MR) is 73.6 cm³/mol. The van der Waals surface area contributed by atoms with E-state index in [1.807, 2.05) is 30.3 Å². The average Bonchev–Trinajstić information content (AvgIpc) is 2.49. The van der Waals surface area contributed by atoms with E-state index >= 15 is 0 Å². The second kappa shape index (κ2) is 7.12. The molecule has 0 radical (unpaired) electrons. The first-order chi connectivity index (χ1) is 10.1. The van der Waals surface area contributed by atoms with E-state index in [9.17, 15) is 19.8 Å². The maximum absolute atomic E-state index is 11.7. The molecule has 3 unspecified atom stereocenters. The summed E-state index contributed by atoms with van der Waals surface area (Å²) in [5.74, 6) is -1.60. The molecular weight excluding hydrogens is 274 g/mol. The van der Waals surface area contributed by atoms with Crippen LogP contribution in [-0.4, -0.2) is 34.1 Å². The number of hydrogen-bond donors (Lipinski definition) is 3. The topological polar surface area (TPSA) is 95.9 Å². The highest BCUT2D eigenvalue weighted by Gasteiger charge is 2.33. The highest BCUT2D eigenvalue weighted by atomic mass is 16.6. The van der Waals surface area contributed by atoms with Crippen molar-refractivity contribution in [3.63, 3.8) is 0 Å². The minimum absolute atomic E-state index is 0.0726. The van der Waals surface area contributed by atoms with Gasteiger partial charge in [0, 0.05) is 12.3 Å². The number of aliphatic hydroxyl groups excluding tert-OH is 2. The molecule has 0 saturated heterocycles.